The summed E-state index contributed by atoms with van der Waals surface area (Å²) >= 11 is 0. The van der Waals surface area contributed by atoms with Gasteiger partial charge in [-0.15, -0.1) is 0 Å². The summed E-state index contributed by atoms with van der Waals surface area (Å²) in [6.07, 6.45) is 2.47. The topological polar surface area (TPSA) is 118 Å². The molecule has 0 spiro atoms. The number of allylic oxidation sites excluding steroid dienone is 3. The summed E-state index contributed by atoms with van der Waals surface area (Å²) in [7, 11) is 0. The minimum atomic E-state index is -0.859. The van der Waals surface area contributed by atoms with E-state index in [1.807, 2.05) is 19.9 Å². The molecule has 2 rings (SSSR count). The lowest BCUT2D eigenvalue weighted by molar-refractivity contribution is 0.104. The molecule has 6 heteroatoms. The van der Waals surface area contributed by atoms with E-state index in [0.29, 0.717) is 23.1 Å². The number of carbonyl (C=O) groups is 1. The fourth-order valence-corrected chi connectivity index (χ4v) is 2.87. The van der Waals surface area contributed by atoms with Crippen LogP contribution in [0.25, 0.3) is 5.76 Å². The third kappa shape index (κ3) is 6.23. The van der Waals surface area contributed by atoms with Crippen molar-refractivity contribution in [1.29, 1.82) is 0 Å². The molecule has 0 fully saturated rings. The molecule has 2 aromatic rings. The average molecular weight is 424 g/mol. The van der Waals surface area contributed by atoms with Crippen LogP contribution in [0, 0.1) is 0 Å². The second kappa shape index (κ2) is 10.00. The predicted octanol–water partition coefficient (Wildman–Crippen LogP) is 4.57. The normalized spacial score (nSPS) is 12.3. The van der Waals surface area contributed by atoms with Crippen LogP contribution in [0.2, 0.25) is 0 Å². The predicted molar refractivity (Wildman–Crippen MR) is 120 cm³/mol. The second-order valence-electron chi connectivity index (χ2n) is 7.79. The lowest BCUT2D eigenvalue weighted by atomic mass is 9.98. The van der Waals surface area contributed by atoms with Gasteiger partial charge in [0.2, 0.25) is 0 Å². The highest BCUT2D eigenvalue weighted by atomic mass is 16.3. The molecule has 0 bridgehead atoms. The van der Waals surface area contributed by atoms with E-state index in [2.05, 4.69) is 6.58 Å². The van der Waals surface area contributed by atoms with Gasteiger partial charge in [0.05, 0.1) is 11.7 Å². The molecule has 0 aromatic heterocycles. The Labute approximate surface area is 181 Å². The Bertz CT molecular complexity index is 1060. The maximum atomic E-state index is 12.7. The molecule has 0 heterocycles. The number of rotatable bonds is 8. The van der Waals surface area contributed by atoms with E-state index in [1.165, 1.54) is 24.3 Å². The van der Waals surface area contributed by atoms with Crippen LogP contribution >= 0.6 is 0 Å². The van der Waals surface area contributed by atoms with Crippen molar-refractivity contribution >= 4 is 11.5 Å². The zero-order chi connectivity index (χ0) is 23.3. The van der Waals surface area contributed by atoms with Gasteiger partial charge in [-0.3, -0.25) is 4.79 Å². The number of phenolic OH excluding ortho intramolecular Hbond substituents is 3. The molecule has 2 aromatic carbocycles. The lowest BCUT2D eigenvalue weighted by Gasteiger charge is -2.13. The highest BCUT2D eigenvalue weighted by Gasteiger charge is 2.16. The summed E-state index contributed by atoms with van der Waals surface area (Å²) in [5.74, 6) is -1.59. The van der Waals surface area contributed by atoms with Crippen molar-refractivity contribution in [1.82, 2.24) is 0 Å². The van der Waals surface area contributed by atoms with E-state index in [-0.39, 0.29) is 34.8 Å². The molecule has 31 heavy (non-hydrogen) atoms. The highest BCUT2D eigenvalue weighted by Crippen LogP contribution is 2.30. The molecule has 0 amide bonds. The number of aromatic hydroxyl groups is 3. The van der Waals surface area contributed by atoms with Crippen LogP contribution in [-0.4, -0.2) is 37.4 Å². The van der Waals surface area contributed by atoms with Gasteiger partial charge < -0.3 is 25.5 Å². The van der Waals surface area contributed by atoms with Crippen molar-refractivity contribution in [3.05, 3.63) is 82.5 Å². The van der Waals surface area contributed by atoms with E-state index >= 15 is 0 Å². The maximum Gasteiger partial charge on any atom is 0.193 e. The van der Waals surface area contributed by atoms with Gasteiger partial charge in [0, 0.05) is 24.1 Å². The molecular weight excluding hydrogens is 396 g/mol. The molecule has 0 radical (unpaired) electrons. The molecule has 0 aliphatic rings. The number of hydrogen-bond donors (Lipinski definition) is 5. The molecule has 6 nitrogen and oxygen atoms in total. The monoisotopic (exact) mass is 424 g/mol. The first kappa shape index (κ1) is 23.8. The quantitative estimate of drug-likeness (QED) is 0.183. The minimum Gasteiger partial charge on any atom is -0.508 e. The van der Waals surface area contributed by atoms with Crippen LogP contribution in [0.4, 0.5) is 0 Å². The minimum absolute atomic E-state index is 0.0525. The smallest absolute Gasteiger partial charge is 0.193 e. The lowest BCUT2D eigenvalue weighted by Crippen LogP contribution is -2.11. The van der Waals surface area contributed by atoms with E-state index in [0.717, 1.165) is 17.7 Å². The van der Waals surface area contributed by atoms with Crippen LogP contribution in [0.1, 0.15) is 47.8 Å². The van der Waals surface area contributed by atoms with Gasteiger partial charge >= 0.3 is 0 Å². The van der Waals surface area contributed by atoms with Gasteiger partial charge in [0.1, 0.15) is 23.0 Å². The van der Waals surface area contributed by atoms with Crippen molar-refractivity contribution in [2.24, 2.45) is 0 Å². The Balaban J connectivity index is 2.35. The number of aliphatic hydroxyl groups is 2. The van der Waals surface area contributed by atoms with Crippen molar-refractivity contribution in [2.75, 3.05) is 0 Å². The summed E-state index contributed by atoms with van der Waals surface area (Å²) in [6, 6.07) is 6.76. The van der Waals surface area contributed by atoms with Gasteiger partial charge in [-0.25, -0.2) is 0 Å². The first-order valence-corrected chi connectivity index (χ1v) is 9.78. The van der Waals surface area contributed by atoms with Gasteiger partial charge in [-0.2, -0.15) is 0 Å². The van der Waals surface area contributed by atoms with E-state index in [1.54, 1.807) is 6.92 Å². The fraction of sp³-hybridized carbons (Fsp3) is 0.240. The van der Waals surface area contributed by atoms with Gasteiger partial charge in [0.15, 0.2) is 5.78 Å². The number of hydrogen-bond acceptors (Lipinski definition) is 6. The van der Waals surface area contributed by atoms with E-state index < -0.39 is 17.6 Å². The molecule has 0 aliphatic heterocycles. The first-order chi connectivity index (χ1) is 14.5. The Morgan fingerprint density at radius 1 is 1.00 bits per heavy atom. The highest BCUT2D eigenvalue weighted by molar-refractivity contribution is 6.09. The Kier molecular flexibility index (Phi) is 7.67. The molecule has 1 atom stereocenters. The molecule has 0 saturated carbocycles. The van der Waals surface area contributed by atoms with Crippen molar-refractivity contribution in [2.45, 2.75) is 39.7 Å². The summed E-state index contributed by atoms with van der Waals surface area (Å²) < 4.78 is 0. The Hall–Kier alpha value is -3.51. The zero-order valence-electron chi connectivity index (χ0n) is 17.9. The molecule has 0 saturated heterocycles. The molecule has 1 unspecified atom stereocenters. The molecule has 164 valence electrons. The van der Waals surface area contributed by atoms with Gasteiger partial charge in [0.25, 0.3) is 0 Å². The number of carbonyl (C=O) groups excluding carboxylic acids is 1. The Morgan fingerprint density at radius 3 is 2.29 bits per heavy atom. The summed E-state index contributed by atoms with van der Waals surface area (Å²) in [4.78, 5) is 12.7. The maximum absolute atomic E-state index is 12.7. The van der Waals surface area contributed by atoms with Crippen LogP contribution in [-0.2, 0) is 12.8 Å². The van der Waals surface area contributed by atoms with Crippen molar-refractivity contribution in [3.63, 3.8) is 0 Å². The Morgan fingerprint density at radius 2 is 1.68 bits per heavy atom. The van der Waals surface area contributed by atoms with E-state index in [4.69, 9.17) is 0 Å². The molecule has 0 aliphatic carbocycles. The average Bonchev–Trinajstić information content (AvgIpc) is 2.68. The summed E-state index contributed by atoms with van der Waals surface area (Å²) in [5, 5.41) is 50.6. The van der Waals surface area contributed by atoms with Crippen LogP contribution in [0.15, 0.2) is 60.2 Å². The standard InChI is InChI=1S/C25H28O6/c1-14(2)5-6-17-10-19(25(31)13-23(17)29)24(30)12-22(28)16-7-8-20(26)18(9-16)11-21(27)15(3)4/h5,7-10,12-13,21,26-29,31H,3,6,11H2,1-2,4H3. The number of phenols is 3. The number of benzene rings is 2. The van der Waals surface area contributed by atoms with Crippen molar-refractivity contribution < 1.29 is 30.3 Å². The number of ketones is 1. The summed E-state index contributed by atoms with van der Waals surface area (Å²) in [5.41, 5.74) is 2.63. The number of aliphatic hydroxyl groups excluding tert-OH is 2. The molecular formula is C25H28O6. The van der Waals surface area contributed by atoms with Crippen LogP contribution < -0.4 is 0 Å². The van der Waals surface area contributed by atoms with E-state index in [9.17, 15) is 30.3 Å². The second-order valence-corrected chi connectivity index (χ2v) is 7.79. The largest absolute Gasteiger partial charge is 0.508 e. The van der Waals surface area contributed by atoms with Gasteiger partial charge in [-0.05, 0) is 62.6 Å². The summed E-state index contributed by atoms with van der Waals surface area (Å²) in [6.45, 7) is 9.15. The van der Waals surface area contributed by atoms with Crippen molar-refractivity contribution in [3.8, 4) is 17.2 Å². The van der Waals surface area contributed by atoms with Crippen LogP contribution in [0.5, 0.6) is 17.2 Å². The third-order valence-corrected chi connectivity index (χ3v) is 4.82. The molecule has 5 N–H and O–H groups in total. The third-order valence-electron chi connectivity index (χ3n) is 4.82. The fourth-order valence-electron chi connectivity index (χ4n) is 2.87. The first-order valence-electron chi connectivity index (χ1n) is 9.78. The van der Waals surface area contributed by atoms with Gasteiger partial charge in [-0.1, -0.05) is 23.8 Å². The SMILES string of the molecule is C=C(C)C(O)Cc1cc(C(O)=CC(=O)c2cc(CC=C(C)C)c(O)cc2O)ccc1O. The van der Waals surface area contributed by atoms with Crippen LogP contribution in [0.3, 0.4) is 0 Å². The zero-order valence-corrected chi connectivity index (χ0v) is 17.9.